The Morgan fingerprint density at radius 3 is 1.01 bits per heavy atom. The molecule has 326 valence electrons. The van der Waals surface area contributed by atoms with Gasteiger partial charge >= 0.3 is 0 Å². The lowest BCUT2D eigenvalue weighted by atomic mass is 10.0. The lowest BCUT2D eigenvalue weighted by molar-refractivity contribution is 1.13. The molecule has 0 N–H and O–H groups in total. The number of rotatable bonds is 9. The van der Waals surface area contributed by atoms with Crippen LogP contribution in [0.3, 0.4) is 0 Å². The topological polar surface area (TPSA) is 56.5 Å². The van der Waals surface area contributed by atoms with E-state index in [1.165, 1.54) is 11.1 Å². The first-order valence-electron chi connectivity index (χ1n) is 23.4. The first-order valence-corrected chi connectivity index (χ1v) is 23.4. The average Bonchev–Trinajstić information content (AvgIpc) is 3.74. The number of hydrogen-bond acceptors (Lipinski definition) is 4. The smallest absolute Gasteiger partial charge is 0.162 e. The fourth-order valence-corrected chi connectivity index (χ4v) is 9.35. The molecule has 0 bridgehead atoms. The highest BCUT2D eigenvalue weighted by Gasteiger charge is 2.22. The highest BCUT2D eigenvalue weighted by atomic mass is 15.0. The summed E-state index contributed by atoms with van der Waals surface area (Å²) in [5.41, 5.74) is 19.2. The molecule has 0 atom stereocenters. The van der Waals surface area contributed by atoms with E-state index in [9.17, 15) is 0 Å². The molecular weight excluding hydrogens is 839 g/mol. The Kier molecular flexibility index (Phi) is 10.6. The molecule has 0 saturated heterocycles. The minimum absolute atomic E-state index is 0.592. The van der Waals surface area contributed by atoms with Crippen LogP contribution < -0.4 is 0 Å². The summed E-state index contributed by atoms with van der Waals surface area (Å²) in [6, 6.07) is 83.4. The minimum Gasteiger partial charge on any atom is -0.308 e. The number of aromatic nitrogens is 5. The Balaban J connectivity index is 1.17. The van der Waals surface area contributed by atoms with E-state index in [-0.39, 0.29) is 0 Å². The van der Waals surface area contributed by atoms with Crippen LogP contribution in [0.1, 0.15) is 11.1 Å². The molecule has 3 heterocycles. The molecule has 12 aromatic rings. The van der Waals surface area contributed by atoms with Gasteiger partial charge in [-0.05, 0) is 78.6 Å². The molecule has 9 aromatic carbocycles. The van der Waals surface area contributed by atoms with E-state index >= 15 is 0 Å². The predicted molar refractivity (Wildman–Crippen MR) is 285 cm³/mol. The molecule has 0 fully saturated rings. The van der Waals surface area contributed by atoms with Crippen LogP contribution in [-0.2, 0) is 0 Å². The molecule has 0 aliphatic heterocycles. The monoisotopic (exact) mass is 883 g/mol. The zero-order valence-electron chi connectivity index (χ0n) is 38.3. The SMILES string of the molecule is Cc1ccc(-c2ccc3c4ccc(-c5ccc(C)cc5)cc4n(-c4ccc(-c5nc(-c6ccccc6)cc(-c6ccccc6)n5)cc4-c4nc(-c5ccccc5)cc(-c5ccccc5)n4)c3c2)cc1. The maximum Gasteiger partial charge on any atom is 0.162 e. The van der Waals surface area contributed by atoms with Crippen molar-refractivity contribution < 1.29 is 0 Å². The van der Waals surface area contributed by atoms with Crippen LogP contribution in [0.2, 0.25) is 0 Å². The molecular formula is C64H45N5. The summed E-state index contributed by atoms with van der Waals surface area (Å²) >= 11 is 0. The highest BCUT2D eigenvalue weighted by Crippen LogP contribution is 2.41. The summed E-state index contributed by atoms with van der Waals surface area (Å²) in [6.07, 6.45) is 0. The van der Waals surface area contributed by atoms with Gasteiger partial charge in [-0.25, -0.2) is 19.9 Å². The molecule has 0 spiro atoms. The van der Waals surface area contributed by atoms with Crippen molar-refractivity contribution in [1.82, 2.24) is 24.5 Å². The van der Waals surface area contributed by atoms with Crippen molar-refractivity contribution >= 4 is 21.8 Å². The Morgan fingerprint density at radius 1 is 0.275 bits per heavy atom. The van der Waals surface area contributed by atoms with E-state index in [4.69, 9.17) is 19.9 Å². The lowest BCUT2D eigenvalue weighted by Gasteiger charge is -2.17. The summed E-state index contributed by atoms with van der Waals surface area (Å²) in [5.74, 6) is 1.20. The number of benzene rings is 9. The maximum absolute atomic E-state index is 5.48. The van der Waals surface area contributed by atoms with Crippen molar-refractivity contribution in [3.05, 3.63) is 248 Å². The molecule has 0 aliphatic rings. The van der Waals surface area contributed by atoms with Gasteiger partial charge in [0.1, 0.15) is 0 Å². The molecule has 0 saturated carbocycles. The first kappa shape index (κ1) is 41.4. The highest BCUT2D eigenvalue weighted by molar-refractivity contribution is 6.11. The van der Waals surface area contributed by atoms with Crippen LogP contribution in [0.4, 0.5) is 0 Å². The Labute approximate surface area is 401 Å². The van der Waals surface area contributed by atoms with Crippen molar-refractivity contribution in [3.63, 3.8) is 0 Å². The number of nitrogens with zero attached hydrogens (tertiary/aromatic N) is 5. The summed E-state index contributed by atoms with van der Waals surface area (Å²) in [5, 5.41) is 2.31. The van der Waals surface area contributed by atoms with Crippen molar-refractivity contribution in [2.75, 3.05) is 0 Å². The Hall–Kier alpha value is -9.06. The quantitative estimate of drug-likeness (QED) is 0.145. The van der Waals surface area contributed by atoms with E-state index in [0.29, 0.717) is 11.6 Å². The fourth-order valence-electron chi connectivity index (χ4n) is 9.35. The van der Waals surface area contributed by atoms with Crippen molar-refractivity contribution in [2.45, 2.75) is 13.8 Å². The van der Waals surface area contributed by atoms with Gasteiger partial charge in [0.25, 0.3) is 0 Å². The summed E-state index contributed by atoms with van der Waals surface area (Å²) in [4.78, 5) is 21.6. The Bertz CT molecular complexity index is 3590. The molecule has 12 rings (SSSR count). The molecule has 0 amide bonds. The standard InChI is InChI=1S/C64H45N5/c1-42-23-27-44(28-24-42)50-31-34-53-54-35-32-51(45-29-25-43(2)26-30-45)39-62(54)69(61(53)38-50)60-36-33-52(63-65-56(46-15-7-3-8-16-46)40-57(66-63)47-17-9-4-10-18-47)37-55(60)64-67-58(48-19-11-5-12-20-48)41-59(68-64)49-21-13-6-14-22-49/h3-41H,1-2H3. The van der Waals surface area contributed by atoms with Crippen molar-refractivity contribution in [3.8, 4) is 95.7 Å². The van der Waals surface area contributed by atoms with Crippen molar-refractivity contribution in [2.24, 2.45) is 0 Å². The minimum atomic E-state index is 0.592. The maximum atomic E-state index is 5.48. The van der Waals surface area contributed by atoms with E-state index in [2.05, 4.69) is 206 Å². The molecule has 69 heavy (non-hydrogen) atoms. The van der Waals surface area contributed by atoms with Crippen molar-refractivity contribution in [1.29, 1.82) is 0 Å². The first-order chi connectivity index (χ1) is 34.0. The third-order valence-corrected chi connectivity index (χ3v) is 13.0. The van der Waals surface area contributed by atoms with E-state index in [1.807, 2.05) is 48.5 Å². The lowest BCUT2D eigenvalue weighted by Crippen LogP contribution is -2.03. The number of fused-ring (bicyclic) bond motifs is 3. The summed E-state index contributed by atoms with van der Waals surface area (Å²) < 4.78 is 2.41. The predicted octanol–water partition coefficient (Wildman–Crippen LogP) is 16.3. The number of hydrogen-bond donors (Lipinski definition) is 0. The van der Waals surface area contributed by atoms with Gasteiger partial charge in [0.15, 0.2) is 11.6 Å². The third-order valence-electron chi connectivity index (χ3n) is 13.0. The third kappa shape index (κ3) is 8.06. The molecule has 0 aliphatic carbocycles. The van der Waals surface area contributed by atoms with Crippen LogP contribution >= 0.6 is 0 Å². The molecule has 5 nitrogen and oxygen atoms in total. The van der Waals surface area contributed by atoms with Gasteiger partial charge in [-0.1, -0.05) is 205 Å². The van der Waals surface area contributed by atoms with E-state index in [1.54, 1.807) is 0 Å². The van der Waals surface area contributed by atoms with Crippen LogP contribution in [0, 0.1) is 13.8 Å². The normalized spacial score (nSPS) is 11.3. The van der Waals surface area contributed by atoms with Gasteiger partial charge in [0, 0.05) is 44.2 Å². The molecule has 5 heteroatoms. The van der Waals surface area contributed by atoms with Gasteiger partial charge in [0.05, 0.1) is 39.5 Å². The number of aryl methyl sites for hydroxylation is 2. The van der Waals surface area contributed by atoms with Gasteiger partial charge in [-0.2, -0.15) is 0 Å². The van der Waals surface area contributed by atoms with E-state index < -0.39 is 0 Å². The summed E-state index contributed by atoms with van der Waals surface area (Å²) in [7, 11) is 0. The zero-order chi connectivity index (χ0) is 46.3. The van der Waals surface area contributed by atoms with Gasteiger partial charge < -0.3 is 4.57 Å². The Morgan fingerprint density at radius 2 is 0.623 bits per heavy atom. The van der Waals surface area contributed by atoms with Gasteiger partial charge in [-0.3, -0.25) is 0 Å². The second-order valence-corrected chi connectivity index (χ2v) is 17.7. The molecule has 3 aromatic heterocycles. The average molecular weight is 884 g/mol. The largest absolute Gasteiger partial charge is 0.308 e. The fraction of sp³-hybridized carbons (Fsp3) is 0.0312. The van der Waals surface area contributed by atoms with Gasteiger partial charge in [-0.15, -0.1) is 0 Å². The van der Waals surface area contributed by atoms with Crippen LogP contribution in [0.25, 0.3) is 118 Å². The van der Waals surface area contributed by atoms with Crippen LogP contribution in [-0.4, -0.2) is 24.5 Å². The molecule has 0 radical (unpaired) electrons. The second kappa shape index (κ2) is 17.6. The van der Waals surface area contributed by atoms with Gasteiger partial charge in [0.2, 0.25) is 0 Å². The molecule has 0 unspecified atom stereocenters. The summed E-state index contributed by atoms with van der Waals surface area (Å²) in [6.45, 7) is 4.26. The van der Waals surface area contributed by atoms with Crippen LogP contribution in [0.5, 0.6) is 0 Å². The zero-order valence-corrected chi connectivity index (χ0v) is 38.3. The van der Waals surface area contributed by atoms with Crippen LogP contribution in [0.15, 0.2) is 237 Å². The van der Waals surface area contributed by atoms with E-state index in [0.717, 1.165) is 106 Å². The second-order valence-electron chi connectivity index (χ2n) is 17.7.